The minimum Gasteiger partial charge on any atom is -0.289 e. The van der Waals surface area contributed by atoms with E-state index in [0.29, 0.717) is 28.1 Å². The molecule has 0 radical (unpaired) electrons. The third kappa shape index (κ3) is 2.29. The molecule has 7 rings (SSSR count). The standard InChI is InChI=1S/C24H18ClNO3/c25-13-6-9-19(18(10-13)22(27)12-4-2-1-3-5-12)26-23(28)20-14-7-8-15(17-11-16(14)17)21(20)24(26)29/h1-10,14-17,20-21H,11H2/t14-,15-,16-,17+,20+,21+/m1/s1. The van der Waals surface area contributed by atoms with Crippen LogP contribution in [0.4, 0.5) is 5.69 Å². The lowest BCUT2D eigenvalue weighted by Gasteiger charge is -2.37. The first-order valence-electron chi connectivity index (χ1n) is 10.0. The molecule has 1 aliphatic heterocycles. The van der Waals surface area contributed by atoms with Crippen molar-refractivity contribution in [2.45, 2.75) is 6.42 Å². The van der Waals surface area contributed by atoms with Crippen LogP contribution in [0.25, 0.3) is 0 Å². The maximum Gasteiger partial charge on any atom is 0.238 e. The highest BCUT2D eigenvalue weighted by molar-refractivity contribution is 6.32. The number of rotatable bonds is 3. The summed E-state index contributed by atoms with van der Waals surface area (Å²) in [6.45, 7) is 0. The highest BCUT2D eigenvalue weighted by atomic mass is 35.5. The Morgan fingerprint density at radius 1 is 0.897 bits per heavy atom. The molecule has 2 aromatic rings. The number of allylic oxidation sites excluding steroid dienone is 2. The summed E-state index contributed by atoms with van der Waals surface area (Å²) in [5.74, 6) is 0.199. The summed E-state index contributed by atoms with van der Waals surface area (Å²) in [4.78, 5) is 41.3. The number of amides is 2. The van der Waals surface area contributed by atoms with Gasteiger partial charge in [-0.25, -0.2) is 4.90 Å². The molecular formula is C24H18ClNO3. The van der Waals surface area contributed by atoms with Gasteiger partial charge in [0.15, 0.2) is 5.78 Å². The number of ketones is 1. The van der Waals surface area contributed by atoms with Gasteiger partial charge in [-0.3, -0.25) is 14.4 Å². The number of benzene rings is 2. The maximum absolute atomic E-state index is 13.4. The van der Waals surface area contributed by atoms with Crippen LogP contribution in [0.2, 0.25) is 5.02 Å². The van der Waals surface area contributed by atoms with Gasteiger partial charge in [0.1, 0.15) is 0 Å². The van der Waals surface area contributed by atoms with Crippen LogP contribution in [0.5, 0.6) is 0 Å². The summed E-state index contributed by atoms with van der Waals surface area (Å²) < 4.78 is 0. The smallest absolute Gasteiger partial charge is 0.238 e. The van der Waals surface area contributed by atoms with Gasteiger partial charge in [0.25, 0.3) is 0 Å². The van der Waals surface area contributed by atoms with Crippen molar-refractivity contribution in [1.82, 2.24) is 0 Å². The Balaban J connectivity index is 1.45. The Kier molecular flexibility index (Phi) is 3.49. The van der Waals surface area contributed by atoms with Gasteiger partial charge in [0, 0.05) is 16.1 Å². The van der Waals surface area contributed by atoms with Crippen LogP contribution >= 0.6 is 11.6 Å². The minimum atomic E-state index is -0.295. The van der Waals surface area contributed by atoms with Gasteiger partial charge in [-0.1, -0.05) is 54.1 Å². The van der Waals surface area contributed by atoms with E-state index in [0.717, 1.165) is 6.42 Å². The van der Waals surface area contributed by atoms with Gasteiger partial charge in [-0.2, -0.15) is 0 Å². The number of halogens is 1. The molecule has 2 saturated carbocycles. The fourth-order valence-corrected chi connectivity index (χ4v) is 6.00. The summed E-state index contributed by atoms with van der Waals surface area (Å²) in [7, 11) is 0. The lowest BCUT2D eigenvalue weighted by Crippen LogP contribution is -2.40. The topological polar surface area (TPSA) is 54.5 Å². The van der Waals surface area contributed by atoms with Gasteiger partial charge in [-0.15, -0.1) is 0 Å². The summed E-state index contributed by atoms with van der Waals surface area (Å²) in [5.41, 5.74) is 1.13. The van der Waals surface area contributed by atoms with Gasteiger partial charge >= 0.3 is 0 Å². The molecule has 1 heterocycles. The molecule has 2 amide bonds. The van der Waals surface area contributed by atoms with E-state index in [1.54, 1.807) is 42.5 Å². The molecular weight excluding hydrogens is 386 g/mol. The molecule has 144 valence electrons. The van der Waals surface area contributed by atoms with E-state index in [4.69, 9.17) is 11.6 Å². The lowest BCUT2D eigenvalue weighted by molar-refractivity contribution is -0.124. The second-order valence-electron chi connectivity index (χ2n) is 8.52. The van der Waals surface area contributed by atoms with Crippen molar-refractivity contribution in [2.24, 2.45) is 35.5 Å². The van der Waals surface area contributed by atoms with Crippen molar-refractivity contribution in [3.8, 4) is 0 Å². The zero-order valence-electron chi connectivity index (χ0n) is 15.5. The molecule has 4 aliphatic carbocycles. The second-order valence-corrected chi connectivity index (χ2v) is 8.96. The largest absolute Gasteiger partial charge is 0.289 e. The molecule has 5 heteroatoms. The van der Waals surface area contributed by atoms with E-state index in [1.165, 1.54) is 4.90 Å². The van der Waals surface area contributed by atoms with Crippen molar-refractivity contribution >= 4 is 34.9 Å². The monoisotopic (exact) mass is 403 g/mol. The van der Waals surface area contributed by atoms with E-state index >= 15 is 0 Å². The number of carbonyl (C=O) groups excluding carboxylic acids is 3. The third-order valence-electron chi connectivity index (χ3n) is 7.14. The number of hydrogen-bond acceptors (Lipinski definition) is 3. The van der Waals surface area contributed by atoms with Crippen LogP contribution in [-0.4, -0.2) is 17.6 Å². The fraction of sp³-hybridized carbons (Fsp3) is 0.292. The van der Waals surface area contributed by atoms with E-state index < -0.39 is 0 Å². The number of hydrogen-bond donors (Lipinski definition) is 0. The zero-order chi connectivity index (χ0) is 19.9. The quantitative estimate of drug-likeness (QED) is 0.440. The SMILES string of the molecule is O=C(c1ccccc1)c1cc(Cl)ccc1N1C(=O)[C@H]2[C@@H]3C=C[C@H]([C@@H]4C[C@H]34)[C@@H]2C1=O. The van der Waals surface area contributed by atoms with Crippen molar-refractivity contribution in [1.29, 1.82) is 0 Å². The Morgan fingerprint density at radius 3 is 2.14 bits per heavy atom. The predicted molar refractivity (Wildman–Crippen MR) is 109 cm³/mol. The van der Waals surface area contributed by atoms with E-state index in [9.17, 15) is 14.4 Å². The molecule has 6 atom stereocenters. The molecule has 0 aromatic heterocycles. The molecule has 29 heavy (non-hydrogen) atoms. The number of nitrogens with zero attached hydrogens (tertiary/aromatic N) is 1. The highest BCUT2D eigenvalue weighted by Gasteiger charge is 2.67. The first-order chi connectivity index (χ1) is 14.1. The van der Waals surface area contributed by atoms with Crippen LogP contribution in [0.3, 0.4) is 0 Å². The number of imide groups is 1. The average molecular weight is 404 g/mol. The first-order valence-corrected chi connectivity index (χ1v) is 10.4. The zero-order valence-corrected chi connectivity index (χ0v) is 16.3. The average Bonchev–Trinajstić information content (AvgIpc) is 3.52. The molecule has 0 N–H and O–H groups in total. The summed E-state index contributed by atoms with van der Waals surface area (Å²) in [5, 5.41) is 0.396. The van der Waals surface area contributed by atoms with Crippen LogP contribution in [0.15, 0.2) is 60.7 Å². The van der Waals surface area contributed by atoms with Crippen LogP contribution in [0, 0.1) is 35.5 Å². The predicted octanol–water partition coefficient (Wildman–Crippen LogP) is 4.13. The van der Waals surface area contributed by atoms with Gasteiger partial charge in [0.05, 0.1) is 17.5 Å². The molecule has 5 aliphatic rings. The lowest BCUT2D eigenvalue weighted by atomic mass is 9.63. The van der Waals surface area contributed by atoms with Crippen LogP contribution in [-0.2, 0) is 9.59 Å². The fourth-order valence-electron chi connectivity index (χ4n) is 5.82. The molecule has 0 unspecified atom stereocenters. The van der Waals surface area contributed by atoms with Crippen molar-refractivity contribution in [3.63, 3.8) is 0 Å². The minimum absolute atomic E-state index is 0.150. The van der Waals surface area contributed by atoms with Gasteiger partial charge in [-0.05, 0) is 48.3 Å². The molecule has 2 bridgehead atoms. The van der Waals surface area contributed by atoms with E-state index in [1.807, 2.05) is 6.07 Å². The Morgan fingerprint density at radius 2 is 1.52 bits per heavy atom. The summed E-state index contributed by atoms with van der Waals surface area (Å²) in [6.07, 6.45) is 5.41. The molecule has 4 nitrogen and oxygen atoms in total. The Labute approximate surface area is 173 Å². The Bertz CT molecular complexity index is 1070. The Hall–Kier alpha value is -2.72. The van der Waals surface area contributed by atoms with Crippen LogP contribution < -0.4 is 4.90 Å². The maximum atomic E-state index is 13.4. The summed E-state index contributed by atoms with van der Waals surface area (Å²) in [6, 6.07) is 13.7. The third-order valence-corrected chi connectivity index (χ3v) is 7.38. The summed E-state index contributed by atoms with van der Waals surface area (Å²) >= 11 is 6.18. The van der Waals surface area contributed by atoms with Crippen LogP contribution in [0.1, 0.15) is 22.3 Å². The molecule has 1 saturated heterocycles. The number of carbonyl (C=O) groups is 3. The molecule has 0 spiro atoms. The molecule has 2 aromatic carbocycles. The normalized spacial score (nSPS) is 33.6. The van der Waals surface area contributed by atoms with Crippen molar-refractivity contribution < 1.29 is 14.4 Å². The van der Waals surface area contributed by atoms with E-state index in [2.05, 4.69) is 12.2 Å². The van der Waals surface area contributed by atoms with Gasteiger partial charge < -0.3 is 0 Å². The molecule has 3 fully saturated rings. The highest BCUT2D eigenvalue weighted by Crippen LogP contribution is 2.65. The number of anilines is 1. The van der Waals surface area contributed by atoms with E-state index in [-0.39, 0.29) is 46.8 Å². The van der Waals surface area contributed by atoms with Crippen molar-refractivity contribution in [2.75, 3.05) is 4.90 Å². The first kappa shape index (κ1) is 17.2. The van der Waals surface area contributed by atoms with Gasteiger partial charge in [0.2, 0.25) is 11.8 Å². The van der Waals surface area contributed by atoms with Crippen molar-refractivity contribution in [3.05, 3.63) is 76.8 Å². The second kappa shape index (κ2) is 5.90.